The molecule has 0 saturated carbocycles. The third kappa shape index (κ3) is 2.49. The second-order valence-electron chi connectivity index (χ2n) is 4.14. The van der Waals surface area contributed by atoms with Gasteiger partial charge < -0.3 is 10.6 Å². The molecule has 2 rings (SSSR count). The highest BCUT2D eigenvalue weighted by molar-refractivity contribution is 5.96. The van der Waals surface area contributed by atoms with Gasteiger partial charge in [0.15, 0.2) is 0 Å². The first-order chi connectivity index (χ1) is 8.59. The number of hydroxylamine groups is 1. The van der Waals surface area contributed by atoms with Gasteiger partial charge in [0.05, 0.1) is 6.04 Å². The van der Waals surface area contributed by atoms with Crippen molar-refractivity contribution in [2.75, 3.05) is 18.6 Å². The number of amides is 2. The minimum absolute atomic E-state index is 0.00567. The van der Waals surface area contributed by atoms with Crippen LogP contribution in [0.4, 0.5) is 5.69 Å². The summed E-state index contributed by atoms with van der Waals surface area (Å²) in [6, 6.07) is 7.29. The lowest BCUT2D eigenvalue weighted by Crippen LogP contribution is -2.38. The Morgan fingerprint density at radius 2 is 2.28 bits per heavy atom. The maximum Gasteiger partial charge on any atom is 0.245 e. The molecule has 18 heavy (non-hydrogen) atoms. The van der Waals surface area contributed by atoms with Crippen molar-refractivity contribution in [1.29, 1.82) is 0 Å². The number of nitrogens with zero attached hydrogens (tertiary/aromatic N) is 1. The maximum atomic E-state index is 11.8. The molecule has 0 aromatic heterocycles. The van der Waals surface area contributed by atoms with Gasteiger partial charge in [-0.2, -0.15) is 5.48 Å². The average Bonchev–Trinajstić information content (AvgIpc) is 2.35. The zero-order valence-electron chi connectivity index (χ0n) is 10.1. The number of carbonyl (C=O) groups excluding carboxylic acids is 2. The van der Waals surface area contributed by atoms with Crippen LogP contribution >= 0.6 is 0 Å². The van der Waals surface area contributed by atoms with Crippen molar-refractivity contribution in [3.05, 3.63) is 29.8 Å². The summed E-state index contributed by atoms with van der Waals surface area (Å²) in [5, 5.41) is 0. The first-order valence-electron chi connectivity index (χ1n) is 5.60. The summed E-state index contributed by atoms with van der Waals surface area (Å²) in [5.41, 5.74) is 9.49. The molecule has 6 heteroatoms. The van der Waals surface area contributed by atoms with Gasteiger partial charge in [-0.15, -0.1) is 0 Å². The molecule has 0 fully saturated rings. The van der Waals surface area contributed by atoms with Crippen molar-refractivity contribution < 1.29 is 14.4 Å². The lowest BCUT2D eigenvalue weighted by molar-refractivity contribution is -0.127. The van der Waals surface area contributed by atoms with Crippen molar-refractivity contribution in [3.8, 4) is 0 Å². The number of nitrogens with two attached hydrogens (primary N) is 1. The lowest BCUT2D eigenvalue weighted by Gasteiger charge is -2.31. The number of fused-ring (bicyclic) bond motifs is 1. The molecule has 0 spiro atoms. The molecular formula is C12H15N3O3. The highest BCUT2D eigenvalue weighted by Gasteiger charge is 2.28. The average molecular weight is 249 g/mol. The topological polar surface area (TPSA) is 84.7 Å². The van der Waals surface area contributed by atoms with Crippen LogP contribution in [0.1, 0.15) is 18.0 Å². The summed E-state index contributed by atoms with van der Waals surface area (Å²) >= 11 is 0. The predicted octanol–water partition coefficient (Wildman–Crippen LogP) is 0.101. The number of hydrogen-bond acceptors (Lipinski definition) is 4. The van der Waals surface area contributed by atoms with E-state index in [-0.39, 0.29) is 25.0 Å². The largest absolute Gasteiger partial charge is 0.368 e. The van der Waals surface area contributed by atoms with Crippen LogP contribution in [0.25, 0.3) is 0 Å². The van der Waals surface area contributed by atoms with Crippen molar-refractivity contribution in [1.82, 2.24) is 5.48 Å². The number of rotatable bonds is 4. The lowest BCUT2D eigenvalue weighted by atomic mass is 9.97. The molecule has 0 aliphatic carbocycles. The number of benzene rings is 1. The molecule has 0 radical (unpaired) electrons. The van der Waals surface area contributed by atoms with Gasteiger partial charge in [0.2, 0.25) is 11.8 Å². The van der Waals surface area contributed by atoms with E-state index in [0.29, 0.717) is 0 Å². The van der Waals surface area contributed by atoms with Gasteiger partial charge in [0.25, 0.3) is 0 Å². The quantitative estimate of drug-likeness (QED) is 0.741. The van der Waals surface area contributed by atoms with Crippen molar-refractivity contribution in [2.45, 2.75) is 12.5 Å². The zero-order valence-corrected chi connectivity index (χ0v) is 10.1. The summed E-state index contributed by atoms with van der Waals surface area (Å²) in [6.45, 7) is -0.220. The van der Waals surface area contributed by atoms with Gasteiger partial charge in [-0.25, -0.2) is 0 Å². The first-order valence-corrected chi connectivity index (χ1v) is 5.60. The molecule has 96 valence electrons. The van der Waals surface area contributed by atoms with Crippen LogP contribution in [0.3, 0.4) is 0 Å². The van der Waals surface area contributed by atoms with E-state index in [1.807, 2.05) is 24.3 Å². The number of anilines is 1. The van der Waals surface area contributed by atoms with Crippen LogP contribution in [0.5, 0.6) is 0 Å². The van der Waals surface area contributed by atoms with Gasteiger partial charge in [0.1, 0.15) is 6.61 Å². The molecule has 0 bridgehead atoms. The molecule has 1 atom stereocenters. The third-order valence-corrected chi connectivity index (χ3v) is 2.87. The van der Waals surface area contributed by atoms with E-state index in [1.54, 1.807) is 11.9 Å². The monoisotopic (exact) mass is 249 g/mol. The Bertz CT molecular complexity index is 475. The number of carbonyl (C=O) groups is 2. The Kier molecular flexibility index (Phi) is 3.59. The summed E-state index contributed by atoms with van der Waals surface area (Å²) in [7, 11) is 1.74. The predicted molar refractivity (Wildman–Crippen MR) is 65.5 cm³/mol. The first kappa shape index (κ1) is 12.5. The van der Waals surface area contributed by atoms with Crippen LogP contribution in [-0.2, 0) is 14.4 Å². The van der Waals surface area contributed by atoms with Gasteiger partial charge >= 0.3 is 0 Å². The van der Waals surface area contributed by atoms with Gasteiger partial charge in [0, 0.05) is 19.2 Å². The summed E-state index contributed by atoms with van der Waals surface area (Å²) in [4.78, 5) is 29.0. The van der Waals surface area contributed by atoms with Crippen molar-refractivity contribution in [2.24, 2.45) is 5.73 Å². The number of hydrogen-bond donors (Lipinski definition) is 2. The molecule has 0 saturated heterocycles. The van der Waals surface area contributed by atoms with Crippen molar-refractivity contribution >= 4 is 17.5 Å². The Balaban J connectivity index is 2.14. The molecule has 6 nitrogen and oxygen atoms in total. The van der Waals surface area contributed by atoms with Gasteiger partial charge in [-0.05, 0) is 11.6 Å². The number of para-hydroxylation sites is 1. The molecule has 1 aliphatic rings. The van der Waals surface area contributed by atoms with E-state index < -0.39 is 5.91 Å². The van der Waals surface area contributed by atoms with Crippen LogP contribution in [0.15, 0.2) is 24.3 Å². The Morgan fingerprint density at radius 1 is 1.56 bits per heavy atom. The fourth-order valence-electron chi connectivity index (χ4n) is 1.96. The van der Waals surface area contributed by atoms with E-state index in [0.717, 1.165) is 11.3 Å². The number of nitrogens with one attached hydrogen (secondary N) is 1. The third-order valence-electron chi connectivity index (χ3n) is 2.87. The fraction of sp³-hybridized carbons (Fsp3) is 0.333. The second-order valence-corrected chi connectivity index (χ2v) is 4.14. The molecule has 1 aliphatic heterocycles. The Morgan fingerprint density at radius 3 is 3.00 bits per heavy atom. The van der Waals surface area contributed by atoms with Crippen LogP contribution in [0.2, 0.25) is 0 Å². The summed E-state index contributed by atoms with van der Waals surface area (Å²) < 4.78 is 0. The molecule has 3 N–H and O–H groups in total. The smallest absolute Gasteiger partial charge is 0.245 e. The Hall–Kier alpha value is -1.92. The molecule has 1 aromatic carbocycles. The van der Waals surface area contributed by atoms with Crippen LogP contribution in [-0.4, -0.2) is 25.5 Å². The number of primary amides is 1. The minimum Gasteiger partial charge on any atom is -0.368 e. The van der Waals surface area contributed by atoms with Gasteiger partial charge in [-0.1, -0.05) is 18.2 Å². The van der Waals surface area contributed by atoms with E-state index in [2.05, 4.69) is 5.48 Å². The zero-order chi connectivity index (χ0) is 13.1. The summed E-state index contributed by atoms with van der Waals surface area (Å²) in [5.74, 6) is -0.566. The normalized spacial score (nSPS) is 18.6. The van der Waals surface area contributed by atoms with Crippen LogP contribution < -0.4 is 16.1 Å². The molecule has 1 unspecified atom stereocenters. The Labute approximate surface area is 105 Å². The molecular weight excluding hydrogens is 234 g/mol. The van der Waals surface area contributed by atoms with Gasteiger partial charge in [-0.3, -0.25) is 14.4 Å². The fourth-order valence-corrected chi connectivity index (χ4v) is 1.96. The highest BCUT2D eigenvalue weighted by atomic mass is 16.6. The van der Waals surface area contributed by atoms with E-state index in [1.165, 1.54) is 0 Å². The van der Waals surface area contributed by atoms with Crippen molar-refractivity contribution in [3.63, 3.8) is 0 Å². The molecule has 1 aromatic rings. The maximum absolute atomic E-state index is 11.8. The van der Waals surface area contributed by atoms with E-state index in [9.17, 15) is 9.59 Å². The SMILES string of the molecule is CN1C(=O)CC(NOCC(N)=O)c2ccccc21. The van der Waals surface area contributed by atoms with E-state index in [4.69, 9.17) is 10.6 Å². The highest BCUT2D eigenvalue weighted by Crippen LogP contribution is 2.33. The van der Waals surface area contributed by atoms with E-state index >= 15 is 0 Å². The molecule has 2 amide bonds. The van der Waals surface area contributed by atoms with Crippen LogP contribution in [0, 0.1) is 0 Å². The minimum atomic E-state index is -0.560. The summed E-state index contributed by atoms with van der Waals surface area (Å²) in [6.07, 6.45) is 0.284. The molecule has 1 heterocycles. The second kappa shape index (κ2) is 5.16. The standard InChI is InChI=1S/C12H15N3O3/c1-15-10-5-3-2-4-8(10)9(6-12(15)17)14-18-7-11(13)16/h2-5,9,14H,6-7H2,1H3,(H2,13,16).